The van der Waals surface area contributed by atoms with E-state index >= 15 is 0 Å². The minimum atomic E-state index is -0.195. The molecule has 0 aliphatic rings. The molecule has 0 aromatic heterocycles. The molecule has 30 heavy (non-hydrogen) atoms. The van der Waals surface area contributed by atoms with Crippen molar-refractivity contribution < 1.29 is 9.53 Å². The average Bonchev–Trinajstić information content (AvgIpc) is 2.80. The molecule has 0 aliphatic heterocycles. The predicted molar refractivity (Wildman–Crippen MR) is 125 cm³/mol. The van der Waals surface area contributed by atoms with Crippen molar-refractivity contribution in [3.05, 3.63) is 90.5 Å². The summed E-state index contributed by atoms with van der Waals surface area (Å²) in [5.74, 6) is 0.466. The van der Waals surface area contributed by atoms with Crippen LogP contribution in [0.25, 0.3) is 16.7 Å². The zero-order chi connectivity index (χ0) is 21.2. The van der Waals surface area contributed by atoms with E-state index in [1.165, 1.54) is 5.57 Å². The van der Waals surface area contributed by atoms with Crippen LogP contribution in [-0.2, 0) is 4.79 Å². The fourth-order valence-corrected chi connectivity index (χ4v) is 3.07. The summed E-state index contributed by atoms with van der Waals surface area (Å²) in [6.45, 7) is 2.06. The van der Waals surface area contributed by atoms with Gasteiger partial charge in [-0.2, -0.15) is 0 Å². The molecule has 4 heteroatoms. The smallest absolute Gasteiger partial charge is 0.262 e. The maximum atomic E-state index is 12.2. The van der Waals surface area contributed by atoms with Gasteiger partial charge >= 0.3 is 0 Å². The van der Waals surface area contributed by atoms with E-state index in [0.29, 0.717) is 5.75 Å². The molecule has 3 rings (SSSR count). The van der Waals surface area contributed by atoms with E-state index in [0.717, 1.165) is 28.8 Å². The second-order valence-corrected chi connectivity index (χ2v) is 6.76. The Morgan fingerprint density at radius 1 is 0.933 bits per heavy atom. The van der Waals surface area contributed by atoms with Crippen molar-refractivity contribution >= 4 is 23.4 Å². The summed E-state index contributed by atoms with van der Waals surface area (Å²) in [6, 6.07) is 25.6. The molecular formula is C26H26N2O2. The molecule has 0 aliphatic carbocycles. The number of ether oxygens (including phenoxy) is 1. The lowest BCUT2D eigenvalue weighted by atomic mass is 10.0. The maximum Gasteiger partial charge on any atom is 0.262 e. The maximum absolute atomic E-state index is 12.2. The first-order valence-electron chi connectivity index (χ1n) is 9.99. The van der Waals surface area contributed by atoms with Crippen LogP contribution in [0.1, 0.15) is 18.9 Å². The Bertz CT molecular complexity index is 1010. The molecule has 0 saturated heterocycles. The van der Waals surface area contributed by atoms with Gasteiger partial charge in [-0.25, -0.2) is 0 Å². The normalized spacial score (nSPS) is 11.5. The molecule has 0 fully saturated rings. The van der Waals surface area contributed by atoms with Crippen LogP contribution in [0, 0.1) is 0 Å². The van der Waals surface area contributed by atoms with E-state index in [1.54, 1.807) is 13.3 Å². The Balaban J connectivity index is 1.53. The fourth-order valence-electron chi connectivity index (χ4n) is 3.07. The third kappa shape index (κ3) is 5.92. The highest BCUT2D eigenvalue weighted by Gasteiger charge is 2.05. The quantitative estimate of drug-likeness (QED) is 0.483. The van der Waals surface area contributed by atoms with Gasteiger partial charge in [-0.05, 0) is 59.0 Å². The van der Waals surface area contributed by atoms with Crippen LogP contribution >= 0.6 is 0 Å². The minimum absolute atomic E-state index is 0.0429. The molecule has 3 aromatic carbocycles. The molecule has 0 atom stereocenters. The third-order valence-corrected chi connectivity index (χ3v) is 4.68. The summed E-state index contributed by atoms with van der Waals surface area (Å²) >= 11 is 0. The standard InChI is InChI=1S/C26H26N2O2/c1-3-20(17-18-27-2)22-11-15-25(16-12-22)30-19-26(29)28-24-13-9-23(10-14-24)21-7-5-4-6-8-21/h4-18H,3,19H2,1-2H3,(H,28,29)/b20-17+,27-18?. The Morgan fingerprint density at radius 2 is 1.60 bits per heavy atom. The third-order valence-electron chi connectivity index (χ3n) is 4.68. The van der Waals surface area contributed by atoms with Crippen molar-refractivity contribution in [3.63, 3.8) is 0 Å². The lowest BCUT2D eigenvalue weighted by molar-refractivity contribution is -0.118. The number of anilines is 1. The number of hydrogen-bond donors (Lipinski definition) is 1. The molecule has 0 unspecified atom stereocenters. The molecule has 0 bridgehead atoms. The van der Waals surface area contributed by atoms with E-state index < -0.39 is 0 Å². The van der Waals surface area contributed by atoms with E-state index in [-0.39, 0.29) is 12.5 Å². The van der Waals surface area contributed by atoms with Crippen LogP contribution in [0.2, 0.25) is 0 Å². The SMILES string of the molecule is CC/C(=C\C=NC)c1ccc(OCC(=O)Nc2ccc(-c3ccccc3)cc2)cc1. The van der Waals surface area contributed by atoms with Crippen LogP contribution in [0.4, 0.5) is 5.69 Å². The predicted octanol–water partition coefficient (Wildman–Crippen LogP) is 5.87. The molecule has 152 valence electrons. The van der Waals surface area contributed by atoms with Crippen molar-refractivity contribution in [3.8, 4) is 16.9 Å². The topological polar surface area (TPSA) is 50.7 Å². The first kappa shape index (κ1) is 21.1. The Morgan fingerprint density at radius 3 is 2.23 bits per heavy atom. The summed E-state index contributed by atoms with van der Waals surface area (Å²) in [4.78, 5) is 16.2. The summed E-state index contributed by atoms with van der Waals surface area (Å²) in [6.07, 6.45) is 4.71. The van der Waals surface area contributed by atoms with Gasteiger partial charge in [0.25, 0.3) is 5.91 Å². The van der Waals surface area contributed by atoms with Gasteiger partial charge in [-0.3, -0.25) is 9.79 Å². The largest absolute Gasteiger partial charge is 0.484 e. The Kier molecular flexibility index (Phi) is 7.56. The van der Waals surface area contributed by atoms with Crippen LogP contribution in [-0.4, -0.2) is 25.8 Å². The summed E-state index contributed by atoms with van der Waals surface area (Å²) in [5, 5.41) is 2.87. The molecule has 0 spiro atoms. The fraction of sp³-hybridized carbons (Fsp3) is 0.154. The molecule has 3 aromatic rings. The number of nitrogens with zero attached hydrogens (tertiary/aromatic N) is 1. The second-order valence-electron chi connectivity index (χ2n) is 6.76. The number of carbonyl (C=O) groups is 1. The second kappa shape index (κ2) is 10.8. The molecular weight excluding hydrogens is 372 g/mol. The van der Waals surface area contributed by atoms with Crippen molar-refractivity contribution in [1.82, 2.24) is 0 Å². The molecule has 1 amide bonds. The summed E-state index contributed by atoms with van der Waals surface area (Å²) in [5.41, 5.74) is 5.31. The Hall–Kier alpha value is -3.66. The number of allylic oxidation sites excluding steroid dienone is 2. The van der Waals surface area contributed by atoms with Gasteiger partial charge in [0, 0.05) is 18.9 Å². The number of aliphatic imine (C=N–C) groups is 1. The summed E-state index contributed by atoms with van der Waals surface area (Å²) < 4.78 is 5.62. The molecule has 0 saturated carbocycles. The number of nitrogens with one attached hydrogen (secondary N) is 1. The van der Waals surface area contributed by atoms with Gasteiger partial charge < -0.3 is 10.1 Å². The number of rotatable bonds is 8. The van der Waals surface area contributed by atoms with Crippen molar-refractivity contribution in [2.24, 2.45) is 4.99 Å². The number of benzene rings is 3. The minimum Gasteiger partial charge on any atom is -0.484 e. The Labute approximate surface area is 177 Å². The van der Waals surface area contributed by atoms with Crippen LogP contribution in [0.3, 0.4) is 0 Å². The van der Waals surface area contributed by atoms with Crippen LogP contribution < -0.4 is 10.1 Å². The van der Waals surface area contributed by atoms with Gasteiger partial charge in [0.05, 0.1) is 0 Å². The van der Waals surface area contributed by atoms with E-state index in [9.17, 15) is 4.79 Å². The van der Waals surface area contributed by atoms with Gasteiger partial charge in [-0.1, -0.05) is 61.5 Å². The van der Waals surface area contributed by atoms with E-state index in [1.807, 2.05) is 72.8 Å². The lowest BCUT2D eigenvalue weighted by Crippen LogP contribution is -2.20. The average molecular weight is 399 g/mol. The molecule has 1 N–H and O–H groups in total. The van der Waals surface area contributed by atoms with Gasteiger partial charge in [0.15, 0.2) is 6.61 Å². The van der Waals surface area contributed by atoms with Gasteiger partial charge in [0.2, 0.25) is 0 Å². The highest BCUT2D eigenvalue weighted by Crippen LogP contribution is 2.22. The number of hydrogen-bond acceptors (Lipinski definition) is 3. The van der Waals surface area contributed by atoms with E-state index in [4.69, 9.17) is 4.74 Å². The highest BCUT2D eigenvalue weighted by atomic mass is 16.5. The van der Waals surface area contributed by atoms with Crippen LogP contribution in [0.15, 0.2) is 89.9 Å². The van der Waals surface area contributed by atoms with Crippen LogP contribution in [0.5, 0.6) is 5.75 Å². The van der Waals surface area contributed by atoms with E-state index in [2.05, 4.69) is 29.4 Å². The van der Waals surface area contributed by atoms with Gasteiger partial charge in [0.1, 0.15) is 5.75 Å². The first-order valence-corrected chi connectivity index (χ1v) is 9.99. The monoisotopic (exact) mass is 398 g/mol. The van der Waals surface area contributed by atoms with Crippen molar-refractivity contribution in [1.29, 1.82) is 0 Å². The molecule has 4 nitrogen and oxygen atoms in total. The molecule has 0 heterocycles. The highest BCUT2D eigenvalue weighted by molar-refractivity contribution is 5.92. The zero-order valence-electron chi connectivity index (χ0n) is 17.3. The zero-order valence-corrected chi connectivity index (χ0v) is 17.3. The summed E-state index contributed by atoms with van der Waals surface area (Å²) in [7, 11) is 1.75. The molecule has 0 radical (unpaired) electrons. The first-order chi connectivity index (χ1) is 14.7. The number of amides is 1. The van der Waals surface area contributed by atoms with Crippen molar-refractivity contribution in [2.45, 2.75) is 13.3 Å². The van der Waals surface area contributed by atoms with Gasteiger partial charge in [-0.15, -0.1) is 0 Å². The van der Waals surface area contributed by atoms with Crippen molar-refractivity contribution in [2.75, 3.05) is 19.0 Å². The number of carbonyl (C=O) groups excluding carboxylic acids is 1. The lowest BCUT2D eigenvalue weighted by Gasteiger charge is -2.10.